The highest BCUT2D eigenvalue weighted by atomic mass is 79.9. The Labute approximate surface area is 189 Å². The largest absolute Gasteiger partial charge is 0.483 e. The zero-order valence-electron chi connectivity index (χ0n) is 17.0. The molecule has 5 nitrogen and oxygen atoms in total. The molecule has 31 heavy (non-hydrogen) atoms. The number of benzene rings is 3. The van der Waals surface area contributed by atoms with Crippen molar-refractivity contribution in [2.45, 2.75) is 37.8 Å². The van der Waals surface area contributed by atoms with Crippen molar-refractivity contribution in [1.82, 2.24) is 5.32 Å². The van der Waals surface area contributed by atoms with Gasteiger partial charge in [-0.1, -0.05) is 55.3 Å². The molecule has 1 saturated carbocycles. The van der Waals surface area contributed by atoms with Gasteiger partial charge in [0, 0.05) is 16.1 Å². The van der Waals surface area contributed by atoms with Crippen LogP contribution in [0.4, 0.5) is 5.69 Å². The second-order valence-corrected chi connectivity index (χ2v) is 8.95. The summed E-state index contributed by atoms with van der Waals surface area (Å²) >= 11 is 3.57. The molecule has 0 saturated heterocycles. The third-order valence-electron chi connectivity index (χ3n) is 6.14. The maximum atomic E-state index is 13.8. The molecule has 1 fully saturated rings. The van der Waals surface area contributed by atoms with E-state index >= 15 is 0 Å². The molecule has 5 rings (SSSR count). The predicted octanol–water partition coefficient (Wildman–Crippen LogP) is 5.13. The standard InChI is InChI=1S/C25H23BrN2O3/c26-19-11-5-6-12-20(19)28-22(29)15-31-21-14-13-16-7-1-4-10-18(16)23(21)24(28)25(30)27-17-8-2-3-9-17/h1,4-7,10-14,17,24H,2-3,8-9,15H2,(H,27,30). The maximum absolute atomic E-state index is 13.8. The Hall–Kier alpha value is -2.86. The predicted molar refractivity (Wildman–Crippen MR) is 124 cm³/mol. The fraction of sp³-hybridized carbons (Fsp3) is 0.280. The maximum Gasteiger partial charge on any atom is 0.265 e. The minimum absolute atomic E-state index is 0.125. The van der Waals surface area contributed by atoms with Crippen LogP contribution in [0.5, 0.6) is 5.75 Å². The number of anilines is 1. The zero-order chi connectivity index (χ0) is 21.4. The summed E-state index contributed by atoms with van der Waals surface area (Å²) in [5.41, 5.74) is 1.39. The number of hydrogen-bond donors (Lipinski definition) is 1. The van der Waals surface area contributed by atoms with Crippen LogP contribution in [0.2, 0.25) is 0 Å². The Bertz CT molecular complexity index is 1160. The molecular formula is C25H23BrN2O3. The molecule has 1 atom stereocenters. The zero-order valence-corrected chi connectivity index (χ0v) is 18.6. The lowest BCUT2D eigenvalue weighted by molar-refractivity contribution is -0.127. The summed E-state index contributed by atoms with van der Waals surface area (Å²) in [6.07, 6.45) is 4.18. The fourth-order valence-electron chi connectivity index (χ4n) is 4.68. The van der Waals surface area contributed by atoms with Crippen LogP contribution in [0.25, 0.3) is 10.8 Å². The number of hydrogen-bond acceptors (Lipinski definition) is 3. The number of carbonyl (C=O) groups is 2. The Kier molecular flexibility index (Phi) is 5.40. The van der Waals surface area contributed by atoms with Gasteiger partial charge in [0.2, 0.25) is 5.91 Å². The molecular weight excluding hydrogens is 456 g/mol. The molecule has 0 aromatic heterocycles. The van der Waals surface area contributed by atoms with E-state index < -0.39 is 6.04 Å². The van der Waals surface area contributed by atoms with Crippen LogP contribution in [0.1, 0.15) is 37.3 Å². The highest BCUT2D eigenvalue weighted by molar-refractivity contribution is 9.10. The van der Waals surface area contributed by atoms with Crippen molar-refractivity contribution in [2.75, 3.05) is 11.5 Å². The Balaban J connectivity index is 1.71. The second kappa shape index (κ2) is 8.35. The smallest absolute Gasteiger partial charge is 0.265 e. The number of amides is 2. The molecule has 6 heteroatoms. The fourth-order valence-corrected chi connectivity index (χ4v) is 5.16. The molecule has 0 spiro atoms. The third-order valence-corrected chi connectivity index (χ3v) is 6.81. The molecule has 158 valence electrons. The molecule has 1 heterocycles. The summed E-state index contributed by atoms with van der Waals surface area (Å²) < 4.78 is 6.68. The number of para-hydroxylation sites is 1. The van der Waals surface area contributed by atoms with Crippen LogP contribution >= 0.6 is 15.9 Å². The number of fused-ring (bicyclic) bond motifs is 3. The average Bonchev–Trinajstić information content (AvgIpc) is 3.24. The summed E-state index contributed by atoms with van der Waals surface area (Å²) in [4.78, 5) is 28.7. The van der Waals surface area contributed by atoms with E-state index in [1.165, 1.54) is 0 Å². The SMILES string of the molecule is O=C(NC1CCCC1)C1c2c(ccc3ccccc23)OCC(=O)N1c1ccccc1Br. The van der Waals surface area contributed by atoms with E-state index in [9.17, 15) is 9.59 Å². The molecule has 1 aliphatic carbocycles. The van der Waals surface area contributed by atoms with Gasteiger partial charge in [-0.05, 0) is 57.7 Å². The van der Waals surface area contributed by atoms with Gasteiger partial charge >= 0.3 is 0 Å². The number of rotatable bonds is 3. The van der Waals surface area contributed by atoms with E-state index in [1.807, 2.05) is 60.7 Å². The topological polar surface area (TPSA) is 58.6 Å². The van der Waals surface area contributed by atoms with Gasteiger partial charge in [0.15, 0.2) is 6.61 Å². The number of carbonyl (C=O) groups excluding carboxylic acids is 2. The van der Waals surface area contributed by atoms with E-state index in [1.54, 1.807) is 4.90 Å². The van der Waals surface area contributed by atoms with Crippen molar-refractivity contribution in [1.29, 1.82) is 0 Å². The first-order chi connectivity index (χ1) is 15.1. The number of halogens is 1. The van der Waals surface area contributed by atoms with Gasteiger partial charge in [-0.2, -0.15) is 0 Å². The molecule has 1 aliphatic heterocycles. The summed E-state index contributed by atoms with van der Waals surface area (Å²) in [5.74, 6) is 0.158. The van der Waals surface area contributed by atoms with Gasteiger partial charge in [0.05, 0.1) is 5.69 Å². The van der Waals surface area contributed by atoms with Crippen molar-refractivity contribution in [3.8, 4) is 5.75 Å². The van der Waals surface area contributed by atoms with Crippen molar-refractivity contribution < 1.29 is 14.3 Å². The van der Waals surface area contributed by atoms with E-state index in [0.29, 0.717) is 11.4 Å². The van der Waals surface area contributed by atoms with E-state index in [2.05, 4.69) is 21.2 Å². The molecule has 3 aromatic carbocycles. The second-order valence-electron chi connectivity index (χ2n) is 8.09. The van der Waals surface area contributed by atoms with E-state index in [4.69, 9.17) is 4.74 Å². The third kappa shape index (κ3) is 3.69. The first kappa shape index (κ1) is 20.1. The van der Waals surface area contributed by atoms with Crippen molar-refractivity contribution in [3.63, 3.8) is 0 Å². The molecule has 2 aliphatic rings. The van der Waals surface area contributed by atoms with Crippen molar-refractivity contribution >= 4 is 44.2 Å². The Morgan fingerprint density at radius 3 is 2.55 bits per heavy atom. The molecule has 2 amide bonds. The first-order valence-corrected chi connectivity index (χ1v) is 11.4. The summed E-state index contributed by atoms with van der Waals surface area (Å²) in [6.45, 7) is -0.125. The van der Waals surface area contributed by atoms with Gasteiger partial charge < -0.3 is 10.1 Å². The minimum atomic E-state index is -0.824. The van der Waals surface area contributed by atoms with Crippen LogP contribution in [0, 0.1) is 0 Å². The highest BCUT2D eigenvalue weighted by Crippen LogP contribution is 2.42. The number of nitrogens with zero attached hydrogens (tertiary/aromatic N) is 1. The van der Waals surface area contributed by atoms with Gasteiger partial charge in [-0.15, -0.1) is 0 Å². The normalized spacial score (nSPS) is 19.1. The van der Waals surface area contributed by atoms with Crippen LogP contribution in [-0.2, 0) is 9.59 Å². The van der Waals surface area contributed by atoms with E-state index in [-0.39, 0.29) is 24.5 Å². The van der Waals surface area contributed by atoms with Gasteiger partial charge in [0.25, 0.3) is 5.91 Å². The molecule has 0 radical (unpaired) electrons. The van der Waals surface area contributed by atoms with Crippen LogP contribution in [0.3, 0.4) is 0 Å². The van der Waals surface area contributed by atoms with Crippen LogP contribution in [-0.4, -0.2) is 24.5 Å². The summed E-state index contributed by atoms with van der Waals surface area (Å²) in [6, 6.07) is 18.6. The quantitative estimate of drug-likeness (QED) is 0.567. The minimum Gasteiger partial charge on any atom is -0.483 e. The van der Waals surface area contributed by atoms with Crippen LogP contribution in [0.15, 0.2) is 65.1 Å². The summed E-state index contributed by atoms with van der Waals surface area (Å²) in [5, 5.41) is 5.14. The Morgan fingerprint density at radius 2 is 1.74 bits per heavy atom. The van der Waals surface area contributed by atoms with Gasteiger partial charge in [-0.25, -0.2) is 0 Å². The van der Waals surface area contributed by atoms with Crippen molar-refractivity contribution in [2.24, 2.45) is 0 Å². The average molecular weight is 479 g/mol. The van der Waals surface area contributed by atoms with Crippen LogP contribution < -0.4 is 15.0 Å². The lowest BCUT2D eigenvalue weighted by atomic mass is 9.95. The van der Waals surface area contributed by atoms with Crippen molar-refractivity contribution in [3.05, 3.63) is 70.7 Å². The summed E-state index contributed by atoms with van der Waals surface area (Å²) in [7, 11) is 0. The first-order valence-electron chi connectivity index (χ1n) is 10.6. The monoisotopic (exact) mass is 478 g/mol. The molecule has 3 aromatic rings. The van der Waals surface area contributed by atoms with Gasteiger partial charge in [0.1, 0.15) is 11.8 Å². The lowest BCUT2D eigenvalue weighted by Crippen LogP contribution is -2.46. The molecule has 1 N–H and O–H groups in total. The van der Waals surface area contributed by atoms with Gasteiger partial charge in [-0.3, -0.25) is 14.5 Å². The number of ether oxygens (including phenoxy) is 1. The molecule has 1 unspecified atom stereocenters. The molecule has 0 bridgehead atoms. The number of nitrogens with one attached hydrogen (secondary N) is 1. The highest BCUT2D eigenvalue weighted by Gasteiger charge is 2.40. The lowest BCUT2D eigenvalue weighted by Gasteiger charge is -2.31. The van der Waals surface area contributed by atoms with E-state index in [0.717, 1.165) is 46.5 Å². The Morgan fingerprint density at radius 1 is 1.00 bits per heavy atom.